The molecule has 0 aliphatic rings. The third kappa shape index (κ3) is 3.43. The zero-order chi connectivity index (χ0) is 14.0. The quantitative estimate of drug-likeness (QED) is 0.672. The third-order valence-corrected chi connectivity index (χ3v) is 2.95. The summed E-state index contributed by atoms with van der Waals surface area (Å²) in [6.07, 6.45) is 2.43. The first kappa shape index (κ1) is 14.4. The van der Waals surface area contributed by atoms with Crippen molar-refractivity contribution in [3.8, 4) is 0 Å². The number of nitrogens with one attached hydrogen (secondary N) is 2. The molecule has 0 saturated carbocycles. The van der Waals surface area contributed by atoms with Gasteiger partial charge in [0.1, 0.15) is 0 Å². The molecule has 1 aromatic heterocycles. The number of amides is 1. The number of nitrogens with zero attached hydrogens (tertiary/aromatic N) is 1. The van der Waals surface area contributed by atoms with Gasteiger partial charge in [-0.3, -0.25) is 4.79 Å². The summed E-state index contributed by atoms with van der Waals surface area (Å²) in [6, 6.07) is -1.44. The van der Waals surface area contributed by atoms with Crippen LogP contribution in [-0.4, -0.2) is 35.8 Å². The second kappa shape index (κ2) is 4.94. The smallest absolute Gasteiger partial charge is 0.348 e. The lowest BCUT2D eigenvalue weighted by atomic mass is 10.2. The predicted octanol–water partition coefficient (Wildman–Crippen LogP) is -0.755. The van der Waals surface area contributed by atoms with Gasteiger partial charge in [-0.1, -0.05) is 0 Å². The Hall–Kier alpha value is -1.62. The second-order valence-electron chi connectivity index (χ2n) is 3.30. The minimum absolute atomic E-state index is 0.167. The van der Waals surface area contributed by atoms with Crippen LogP contribution in [0.25, 0.3) is 0 Å². The van der Waals surface area contributed by atoms with Gasteiger partial charge in [0, 0.05) is 18.3 Å². The maximum Gasteiger partial charge on any atom is 0.516 e. The van der Waals surface area contributed by atoms with Crippen LogP contribution in [0.4, 0.5) is 13.2 Å². The molecule has 1 aromatic rings. The topological polar surface area (TPSA) is 118 Å². The number of imidazole rings is 1. The van der Waals surface area contributed by atoms with Gasteiger partial charge in [-0.2, -0.15) is 21.6 Å². The second-order valence-corrected chi connectivity index (χ2v) is 4.98. The Balaban J connectivity index is 2.66. The SMILES string of the molecule is N[C@@H](Cc1cnc[nH]1)C(=O)NS(=O)(=O)C(F)(F)F. The van der Waals surface area contributed by atoms with E-state index in [4.69, 9.17) is 5.73 Å². The van der Waals surface area contributed by atoms with E-state index in [0.29, 0.717) is 5.69 Å². The van der Waals surface area contributed by atoms with Crippen molar-refractivity contribution >= 4 is 15.9 Å². The summed E-state index contributed by atoms with van der Waals surface area (Å²) < 4.78 is 58.1. The number of nitrogens with two attached hydrogens (primary N) is 1. The fraction of sp³-hybridized carbons (Fsp3) is 0.429. The lowest BCUT2D eigenvalue weighted by molar-refractivity contribution is -0.121. The fourth-order valence-corrected chi connectivity index (χ4v) is 1.52. The minimum Gasteiger partial charge on any atom is -0.348 e. The van der Waals surface area contributed by atoms with Crippen molar-refractivity contribution in [3.63, 3.8) is 0 Å². The molecule has 1 atom stereocenters. The number of aromatic amines is 1. The Labute approximate surface area is 99.6 Å². The maximum atomic E-state index is 12.0. The van der Waals surface area contributed by atoms with Crippen molar-refractivity contribution < 1.29 is 26.4 Å². The summed E-state index contributed by atoms with van der Waals surface area (Å²) in [7, 11) is -5.73. The average Bonchev–Trinajstić information content (AvgIpc) is 2.67. The highest BCUT2D eigenvalue weighted by Gasteiger charge is 2.47. The summed E-state index contributed by atoms with van der Waals surface area (Å²) in [6.45, 7) is 0. The number of hydrogen-bond donors (Lipinski definition) is 3. The average molecular weight is 286 g/mol. The largest absolute Gasteiger partial charge is 0.516 e. The summed E-state index contributed by atoms with van der Waals surface area (Å²) in [4.78, 5) is 17.4. The monoisotopic (exact) mass is 286 g/mol. The van der Waals surface area contributed by atoms with Gasteiger partial charge < -0.3 is 10.7 Å². The van der Waals surface area contributed by atoms with Gasteiger partial charge in [-0.05, 0) is 0 Å². The van der Waals surface area contributed by atoms with Crippen molar-refractivity contribution in [1.82, 2.24) is 14.7 Å². The summed E-state index contributed by atoms with van der Waals surface area (Å²) >= 11 is 0. The number of sulfonamides is 1. The molecular formula is C7H9F3N4O3S. The molecule has 11 heteroatoms. The van der Waals surface area contributed by atoms with Gasteiger partial charge in [0.05, 0.1) is 12.4 Å². The zero-order valence-corrected chi connectivity index (χ0v) is 9.55. The van der Waals surface area contributed by atoms with E-state index in [1.165, 1.54) is 12.5 Å². The molecule has 102 valence electrons. The Morgan fingerprint density at radius 3 is 2.61 bits per heavy atom. The molecular weight excluding hydrogens is 277 g/mol. The highest BCUT2D eigenvalue weighted by Crippen LogP contribution is 2.21. The Bertz CT molecular complexity index is 511. The van der Waals surface area contributed by atoms with E-state index in [0.717, 1.165) is 4.72 Å². The third-order valence-electron chi connectivity index (χ3n) is 1.87. The normalized spacial score (nSPS) is 14.2. The van der Waals surface area contributed by atoms with Crippen molar-refractivity contribution in [2.75, 3.05) is 0 Å². The number of carbonyl (C=O) groups excluding carboxylic acids is 1. The summed E-state index contributed by atoms with van der Waals surface area (Å²) in [5.74, 6) is -1.44. The molecule has 1 rings (SSSR count). The highest BCUT2D eigenvalue weighted by molar-refractivity contribution is 7.90. The van der Waals surface area contributed by atoms with Gasteiger partial charge in [-0.15, -0.1) is 0 Å². The molecule has 0 bridgehead atoms. The van der Waals surface area contributed by atoms with Gasteiger partial charge in [0.2, 0.25) is 0 Å². The van der Waals surface area contributed by atoms with Crippen LogP contribution < -0.4 is 10.5 Å². The number of hydrogen-bond acceptors (Lipinski definition) is 5. The molecule has 7 nitrogen and oxygen atoms in total. The van der Waals surface area contributed by atoms with Crippen LogP contribution in [-0.2, 0) is 21.2 Å². The molecule has 0 aliphatic carbocycles. The van der Waals surface area contributed by atoms with Crippen molar-refractivity contribution in [1.29, 1.82) is 0 Å². The molecule has 0 aliphatic heterocycles. The van der Waals surface area contributed by atoms with E-state index in [-0.39, 0.29) is 6.42 Å². The molecule has 18 heavy (non-hydrogen) atoms. The number of halogens is 3. The van der Waals surface area contributed by atoms with E-state index in [2.05, 4.69) is 9.97 Å². The summed E-state index contributed by atoms with van der Waals surface area (Å²) in [5, 5.41) is 0. The number of carbonyl (C=O) groups is 1. The molecule has 1 amide bonds. The van der Waals surface area contributed by atoms with Crippen molar-refractivity contribution in [2.24, 2.45) is 5.73 Å². The lowest BCUT2D eigenvalue weighted by Gasteiger charge is -2.13. The van der Waals surface area contributed by atoms with Gasteiger partial charge in [-0.25, -0.2) is 9.71 Å². The van der Waals surface area contributed by atoms with Crippen molar-refractivity contribution in [3.05, 3.63) is 18.2 Å². The Morgan fingerprint density at radius 2 is 2.17 bits per heavy atom. The first-order valence-corrected chi connectivity index (χ1v) is 5.97. The van der Waals surface area contributed by atoms with E-state index in [9.17, 15) is 26.4 Å². The molecule has 1 heterocycles. The Morgan fingerprint density at radius 1 is 1.56 bits per heavy atom. The van der Waals surface area contributed by atoms with Crippen LogP contribution in [0, 0.1) is 0 Å². The lowest BCUT2D eigenvalue weighted by Crippen LogP contribution is -2.48. The first-order chi connectivity index (χ1) is 8.13. The van der Waals surface area contributed by atoms with Gasteiger partial charge in [0.15, 0.2) is 0 Å². The summed E-state index contributed by atoms with van der Waals surface area (Å²) in [5.41, 5.74) is 0.0989. The van der Waals surface area contributed by atoms with Gasteiger partial charge in [0.25, 0.3) is 5.91 Å². The van der Waals surface area contributed by atoms with E-state index in [1.807, 2.05) is 0 Å². The van der Waals surface area contributed by atoms with Crippen LogP contribution in [0.15, 0.2) is 12.5 Å². The van der Waals surface area contributed by atoms with E-state index < -0.39 is 27.5 Å². The number of H-pyrrole nitrogens is 1. The van der Waals surface area contributed by atoms with Crippen molar-refractivity contribution in [2.45, 2.75) is 18.0 Å². The molecule has 0 unspecified atom stereocenters. The Kier molecular flexibility index (Phi) is 3.96. The van der Waals surface area contributed by atoms with Crippen LogP contribution in [0.3, 0.4) is 0 Å². The van der Waals surface area contributed by atoms with Crippen LogP contribution in [0.1, 0.15) is 5.69 Å². The molecule has 0 radical (unpaired) electrons. The zero-order valence-electron chi connectivity index (χ0n) is 8.73. The molecule has 4 N–H and O–H groups in total. The van der Waals surface area contributed by atoms with Gasteiger partial charge >= 0.3 is 15.5 Å². The van der Waals surface area contributed by atoms with Crippen LogP contribution >= 0.6 is 0 Å². The first-order valence-electron chi connectivity index (χ1n) is 4.49. The maximum absolute atomic E-state index is 12.0. The molecule has 0 aromatic carbocycles. The van der Waals surface area contributed by atoms with E-state index in [1.54, 1.807) is 0 Å². The van der Waals surface area contributed by atoms with E-state index >= 15 is 0 Å². The standard InChI is InChI=1S/C7H9F3N4O3S/c8-7(9,10)18(16,17)14-6(15)5(11)1-4-2-12-3-13-4/h2-3,5H,1,11H2,(H,12,13)(H,14,15)/t5-/m0/s1. The number of alkyl halides is 3. The highest BCUT2D eigenvalue weighted by atomic mass is 32.2. The number of aromatic nitrogens is 2. The van der Waals surface area contributed by atoms with Crippen LogP contribution in [0.2, 0.25) is 0 Å². The number of rotatable bonds is 4. The predicted molar refractivity (Wildman–Crippen MR) is 53.4 cm³/mol. The fourth-order valence-electron chi connectivity index (χ4n) is 0.992. The molecule has 0 spiro atoms. The molecule has 0 fully saturated rings. The molecule has 0 saturated heterocycles. The van der Waals surface area contributed by atoms with Crippen LogP contribution in [0.5, 0.6) is 0 Å². The minimum atomic E-state index is -5.73.